The molecule has 14 heavy (non-hydrogen) atoms. The molecule has 0 aliphatic carbocycles. The molecule has 0 saturated carbocycles. The van der Waals surface area contributed by atoms with Gasteiger partial charge in [0.2, 0.25) is 0 Å². The topological polar surface area (TPSA) is 26.0 Å². The highest BCUT2D eigenvalue weighted by Gasteiger charge is 2.05. The van der Waals surface area contributed by atoms with Gasteiger partial charge in [0.25, 0.3) is 0 Å². The predicted molar refractivity (Wildman–Crippen MR) is 63.6 cm³/mol. The summed E-state index contributed by atoms with van der Waals surface area (Å²) < 4.78 is 0. The lowest BCUT2D eigenvalue weighted by Crippen LogP contribution is -1.87. The Morgan fingerprint density at radius 3 is 2.43 bits per heavy atom. The molecule has 1 aromatic carbocycles. The number of hydrogen-bond donors (Lipinski definition) is 1. The fourth-order valence-corrected chi connectivity index (χ4v) is 2.61. The molecule has 2 heteroatoms. The Hall–Kier alpha value is -1.28. The van der Waals surface area contributed by atoms with Gasteiger partial charge >= 0.3 is 0 Å². The van der Waals surface area contributed by atoms with Crippen molar-refractivity contribution in [3.05, 3.63) is 40.8 Å². The minimum atomic E-state index is 0.834. The van der Waals surface area contributed by atoms with Crippen LogP contribution >= 0.6 is 11.3 Å². The van der Waals surface area contributed by atoms with E-state index < -0.39 is 0 Å². The summed E-state index contributed by atoms with van der Waals surface area (Å²) in [5, 5.41) is 2.13. The molecular formula is C12H13NS. The van der Waals surface area contributed by atoms with Crippen molar-refractivity contribution in [2.24, 2.45) is 0 Å². The summed E-state index contributed by atoms with van der Waals surface area (Å²) in [4.78, 5) is 1.35. The zero-order valence-corrected chi connectivity index (χ0v) is 9.19. The van der Waals surface area contributed by atoms with Crippen molar-refractivity contribution in [1.82, 2.24) is 0 Å². The standard InChI is InChI=1S/C12H13NS/c1-8-5-6-14-12(8)11-4-3-10(13)7-9(11)2/h3-7H,13H2,1-2H3. The van der Waals surface area contributed by atoms with Gasteiger partial charge in [-0.2, -0.15) is 0 Å². The van der Waals surface area contributed by atoms with Crippen LogP contribution in [0.3, 0.4) is 0 Å². The van der Waals surface area contributed by atoms with Crippen LogP contribution in [0.1, 0.15) is 11.1 Å². The van der Waals surface area contributed by atoms with E-state index in [1.165, 1.54) is 21.6 Å². The highest BCUT2D eigenvalue weighted by atomic mass is 32.1. The van der Waals surface area contributed by atoms with Crippen molar-refractivity contribution >= 4 is 17.0 Å². The smallest absolute Gasteiger partial charge is 0.0374 e. The summed E-state index contributed by atoms with van der Waals surface area (Å²) in [5.41, 5.74) is 10.4. The molecule has 0 saturated heterocycles. The zero-order valence-electron chi connectivity index (χ0n) is 8.37. The van der Waals surface area contributed by atoms with E-state index in [2.05, 4.69) is 31.4 Å². The highest BCUT2D eigenvalue weighted by Crippen LogP contribution is 2.32. The zero-order chi connectivity index (χ0) is 10.1. The molecule has 0 radical (unpaired) electrons. The second-order valence-corrected chi connectivity index (χ2v) is 4.42. The molecule has 2 N–H and O–H groups in total. The first-order valence-corrected chi connectivity index (χ1v) is 5.47. The highest BCUT2D eigenvalue weighted by molar-refractivity contribution is 7.13. The lowest BCUT2D eigenvalue weighted by atomic mass is 10.0. The van der Waals surface area contributed by atoms with Crippen LogP contribution < -0.4 is 5.73 Å². The van der Waals surface area contributed by atoms with Gasteiger partial charge in [-0.15, -0.1) is 11.3 Å². The van der Waals surface area contributed by atoms with Gasteiger partial charge in [0.15, 0.2) is 0 Å². The van der Waals surface area contributed by atoms with Crippen molar-refractivity contribution in [1.29, 1.82) is 0 Å². The first kappa shape index (κ1) is 9.28. The van der Waals surface area contributed by atoms with Crippen LogP contribution in [0, 0.1) is 13.8 Å². The van der Waals surface area contributed by atoms with E-state index in [1.807, 2.05) is 12.1 Å². The molecule has 2 rings (SSSR count). The van der Waals surface area contributed by atoms with E-state index in [-0.39, 0.29) is 0 Å². The Kier molecular flexibility index (Phi) is 2.30. The van der Waals surface area contributed by atoms with Crippen LogP contribution in [0.2, 0.25) is 0 Å². The van der Waals surface area contributed by atoms with Gasteiger partial charge in [0, 0.05) is 10.6 Å². The molecule has 0 spiro atoms. The van der Waals surface area contributed by atoms with Crippen LogP contribution in [0.5, 0.6) is 0 Å². The molecule has 1 nitrogen and oxygen atoms in total. The number of hydrogen-bond acceptors (Lipinski definition) is 2. The van der Waals surface area contributed by atoms with Crippen molar-refractivity contribution in [2.45, 2.75) is 13.8 Å². The van der Waals surface area contributed by atoms with Crippen molar-refractivity contribution in [3.8, 4) is 10.4 Å². The molecule has 0 amide bonds. The Morgan fingerprint density at radius 1 is 1.07 bits per heavy atom. The Balaban J connectivity index is 2.58. The summed E-state index contributed by atoms with van der Waals surface area (Å²) in [7, 11) is 0. The van der Waals surface area contributed by atoms with Gasteiger partial charge in [0.05, 0.1) is 0 Å². The minimum Gasteiger partial charge on any atom is -0.399 e. The SMILES string of the molecule is Cc1cc(N)ccc1-c1sccc1C. The van der Waals surface area contributed by atoms with E-state index in [9.17, 15) is 0 Å². The maximum absolute atomic E-state index is 5.72. The summed E-state index contributed by atoms with van der Waals surface area (Å²) >= 11 is 1.78. The summed E-state index contributed by atoms with van der Waals surface area (Å²) in [6.07, 6.45) is 0. The monoisotopic (exact) mass is 203 g/mol. The second-order valence-electron chi connectivity index (χ2n) is 3.51. The van der Waals surface area contributed by atoms with Crippen LogP contribution in [0.4, 0.5) is 5.69 Å². The number of nitrogens with two attached hydrogens (primary N) is 1. The maximum Gasteiger partial charge on any atom is 0.0374 e. The number of aryl methyl sites for hydroxylation is 2. The second kappa shape index (κ2) is 3.46. The molecule has 2 aromatic rings. The Bertz CT molecular complexity index is 457. The molecule has 1 aromatic heterocycles. The summed E-state index contributed by atoms with van der Waals surface area (Å²) in [6.45, 7) is 4.24. The van der Waals surface area contributed by atoms with E-state index in [0.717, 1.165) is 5.69 Å². The van der Waals surface area contributed by atoms with Gasteiger partial charge in [-0.3, -0.25) is 0 Å². The molecule has 0 aliphatic heterocycles. The average molecular weight is 203 g/mol. The van der Waals surface area contributed by atoms with Crippen LogP contribution in [-0.4, -0.2) is 0 Å². The fourth-order valence-electron chi connectivity index (χ4n) is 1.59. The molecule has 1 heterocycles. The number of nitrogen functional groups attached to an aromatic ring is 1. The fraction of sp³-hybridized carbons (Fsp3) is 0.167. The molecule has 0 bridgehead atoms. The number of rotatable bonds is 1. The van der Waals surface area contributed by atoms with Gasteiger partial charge < -0.3 is 5.73 Å². The molecule has 0 aliphatic rings. The van der Waals surface area contributed by atoms with Gasteiger partial charge in [-0.1, -0.05) is 6.07 Å². The van der Waals surface area contributed by atoms with Gasteiger partial charge in [-0.05, 0) is 54.1 Å². The largest absolute Gasteiger partial charge is 0.399 e. The van der Waals surface area contributed by atoms with Crippen molar-refractivity contribution < 1.29 is 0 Å². The number of anilines is 1. The van der Waals surface area contributed by atoms with Crippen molar-refractivity contribution in [3.63, 3.8) is 0 Å². The normalized spacial score (nSPS) is 10.4. The molecule has 0 atom stereocenters. The van der Waals surface area contributed by atoms with Crippen LogP contribution in [-0.2, 0) is 0 Å². The first-order valence-electron chi connectivity index (χ1n) is 4.59. The van der Waals surface area contributed by atoms with Gasteiger partial charge in [-0.25, -0.2) is 0 Å². The average Bonchev–Trinajstić information content (AvgIpc) is 2.52. The molecule has 72 valence electrons. The van der Waals surface area contributed by atoms with Crippen LogP contribution in [0.25, 0.3) is 10.4 Å². The minimum absolute atomic E-state index is 0.834. The third kappa shape index (κ3) is 1.53. The van der Waals surface area contributed by atoms with Gasteiger partial charge in [0.1, 0.15) is 0 Å². The number of thiophene rings is 1. The predicted octanol–water partition coefficient (Wildman–Crippen LogP) is 3.61. The molecule has 0 fully saturated rings. The maximum atomic E-state index is 5.72. The third-order valence-corrected chi connectivity index (χ3v) is 3.41. The first-order chi connectivity index (χ1) is 6.68. The van der Waals surface area contributed by atoms with Crippen LogP contribution in [0.15, 0.2) is 29.6 Å². The summed E-state index contributed by atoms with van der Waals surface area (Å²) in [6, 6.07) is 8.23. The van der Waals surface area contributed by atoms with E-state index in [0.29, 0.717) is 0 Å². The molecule has 0 unspecified atom stereocenters. The quantitative estimate of drug-likeness (QED) is 0.704. The third-order valence-electron chi connectivity index (χ3n) is 2.36. The molecular weight excluding hydrogens is 190 g/mol. The van der Waals surface area contributed by atoms with Crippen molar-refractivity contribution in [2.75, 3.05) is 5.73 Å². The summed E-state index contributed by atoms with van der Waals surface area (Å²) in [5.74, 6) is 0. The Labute approximate surface area is 88.2 Å². The van der Waals surface area contributed by atoms with E-state index >= 15 is 0 Å². The van der Waals surface area contributed by atoms with E-state index in [1.54, 1.807) is 11.3 Å². The Morgan fingerprint density at radius 2 is 1.86 bits per heavy atom. The van der Waals surface area contributed by atoms with E-state index in [4.69, 9.17) is 5.73 Å². The lowest BCUT2D eigenvalue weighted by molar-refractivity contribution is 1.45. The lowest BCUT2D eigenvalue weighted by Gasteiger charge is -2.05. The number of benzene rings is 1.